The number of rotatable bonds is 2. The Hall–Kier alpha value is -0.570. The molecule has 14 heavy (non-hydrogen) atoms. The van der Waals surface area contributed by atoms with Crippen molar-refractivity contribution in [2.75, 3.05) is 0 Å². The van der Waals surface area contributed by atoms with Gasteiger partial charge in [-0.3, -0.25) is 4.79 Å². The summed E-state index contributed by atoms with van der Waals surface area (Å²) in [6.45, 7) is 2.23. The summed E-state index contributed by atoms with van der Waals surface area (Å²) >= 11 is 0. The van der Waals surface area contributed by atoms with Crippen molar-refractivity contribution in [2.45, 2.75) is 57.1 Å². The molecule has 0 aromatic heterocycles. The molecule has 2 aliphatic rings. The SMILES string of the molecule is C[C@H]1CCC[C@@H](NC(=O)C2(O)CC2)C1. The Bertz CT molecular complexity index is 235. The van der Waals surface area contributed by atoms with Crippen LogP contribution in [0.25, 0.3) is 0 Å². The van der Waals surface area contributed by atoms with Gasteiger partial charge in [0.25, 0.3) is 5.91 Å². The van der Waals surface area contributed by atoms with E-state index in [1.54, 1.807) is 0 Å². The van der Waals surface area contributed by atoms with Crippen LogP contribution in [0.1, 0.15) is 45.4 Å². The lowest BCUT2D eigenvalue weighted by atomic mass is 9.87. The minimum Gasteiger partial charge on any atom is -0.380 e. The van der Waals surface area contributed by atoms with Gasteiger partial charge >= 0.3 is 0 Å². The summed E-state index contributed by atoms with van der Waals surface area (Å²) in [6, 6.07) is 0.302. The van der Waals surface area contributed by atoms with Gasteiger partial charge in [0.15, 0.2) is 0 Å². The summed E-state index contributed by atoms with van der Waals surface area (Å²) in [5, 5.41) is 12.5. The second-order valence-corrected chi connectivity index (χ2v) is 4.97. The molecule has 2 fully saturated rings. The lowest BCUT2D eigenvalue weighted by Gasteiger charge is -2.28. The molecule has 0 heterocycles. The first-order chi connectivity index (χ1) is 6.60. The van der Waals surface area contributed by atoms with E-state index in [1.807, 2.05) is 0 Å². The predicted octanol–water partition coefficient (Wildman–Crippen LogP) is 1.21. The first kappa shape index (κ1) is 9.97. The zero-order valence-electron chi connectivity index (χ0n) is 8.75. The molecule has 0 bridgehead atoms. The van der Waals surface area contributed by atoms with Gasteiger partial charge in [-0.25, -0.2) is 0 Å². The lowest BCUT2D eigenvalue weighted by Crippen LogP contribution is -2.44. The van der Waals surface area contributed by atoms with E-state index >= 15 is 0 Å². The van der Waals surface area contributed by atoms with Crippen molar-refractivity contribution < 1.29 is 9.90 Å². The third-order valence-corrected chi connectivity index (χ3v) is 3.42. The number of nitrogens with one attached hydrogen (secondary N) is 1. The summed E-state index contributed by atoms with van der Waals surface area (Å²) < 4.78 is 0. The molecule has 3 nitrogen and oxygen atoms in total. The minimum absolute atomic E-state index is 0.142. The lowest BCUT2D eigenvalue weighted by molar-refractivity contribution is -0.132. The van der Waals surface area contributed by atoms with Gasteiger partial charge in [-0.15, -0.1) is 0 Å². The molecule has 2 atom stereocenters. The van der Waals surface area contributed by atoms with Gasteiger partial charge in [0, 0.05) is 6.04 Å². The summed E-state index contributed by atoms with van der Waals surface area (Å²) in [4.78, 5) is 11.5. The largest absolute Gasteiger partial charge is 0.380 e. The molecule has 2 saturated carbocycles. The molecule has 0 unspecified atom stereocenters. The smallest absolute Gasteiger partial charge is 0.252 e. The van der Waals surface area contributed by atoms with E-state index < -0.39 is 5.60 Å². The van der Waals surface area contributed by atoms with Crippen molar-refractivity contribution in [3.63, 3.8) is 0 Å². The number of aliphatic hydroxyl groups is 1. The summed E-state index contributed by atoms with van der Waals surface area (Å²) in [5.41, 5.74) is -0.999. The first-order valence-corrected chi connectivity index (χ1v) is 5.63. The van der Waals surface area contributed by atoms with Crippen LogP contribution >= 0.6 is 0 Å². The van der Waals surface area contributed by atoms with Crippen LogP contribution in [0.15, 0.2) is 0 Å². The number of amides is 1. The van der Waals surface area contributed by atoms with Crippen LogP contribution in [0.3, 0.4) is 0 Å². The quantitative estimate of drug-likeness (QED) is 0.699. The first-order valence-electron chi connectivity index (χ1n) is 5.63. The Morgan fingerprint density at radius 3 is 2.71 bits per heavy atom. The summed E-state index contributed by atoms with van der Waals surface area (Å²) in [7, 11) is 0. The average Bonchev–Trinajstić information content (AvgIpc) is 2.85. The van der Waals surface area contributed by atoms with E-state index in [0.717, 1.165) is 12.8 Å². The molecule has 0 saturated heterocycles. The van der Waals surface area contributed by atoms with Crippen LogP contribution < -0.4 is 5.32 Å². The fourth-order valence-corrected chi connectivity index (χ4v) is 2.23. The van der Waals surface area contributed by atoms with Gasteiger partial charge in [0.1, 0.15) is 5.60 Å². The van der Waals surface area contributed by atoms with E-state index in [9.17, 15) is 9.90 Å². The molecular weight excluding hydrogens is 178 g/mol. The van der Waals surface area contributed by atoms with Crippen molar-refractivity contribution in [2.24, 2.45) is 5.92 Å². The zero-order valence-corrected chi connectivity index (χ0v) is 8.75. The van der Waals surface area contributed by atoms with Crippen LogP contribution in [0.4, 0.5) is 0 Å². The Morgan fingerprint density at radius 1 is 1.43 bits per heavy atom. The normalized spacial score (nSPS) is 35.0. The molecule has 2 rings (SSSR count). The maximum absolute atomic E-state index is 11.5. The van der Waals surface area contributed by atoms with Crippen LogP contribution in [-0.2, 0) is 4.79 Å². The second kappa shape index (κ2) is 3.54. The van der Waals surface area contributed by atoms with E-state index in [0.29, 0.717) is 24.8 Å². The standard InChI is InChI=1S/C11H19NO2/c1-8-3-2-4-9(7-8)12-10(13)11(14)5-6-11/h8-9,14H,2-7H2,1H3,(H,12,13)/t8-,9+/m0/s1. The van der Waals surface area contributed by atoms with Gasteiger partial charge in [-0.1, -0.05) is 19.8 Å². The molecule has 0 aromatic carbocycles. The van der Waals surface area contributed by atoms with Gasteiger partial charge in [-0.05, 0) is 31.6 Å². The van der Waals surface area contributed by atoms with Crippen molar-refractivity contribution in [1.82, 2.24) is 5.32 Å². The molecule has 3 heteroatoms. The summed E-state index contributed by atoms with van der Waals surface area (Å²) in [6.07, 6.45) is 5.90. The highest BCUT2D eigenvalue weighted by Gasteiger charge is 2.48. The molecule has 1 amide bonds. The Kier molecular flexibility index (Phi) is 2.52. The van der Waals surface area contributed by atoms with E-state index in [4.69, 9.17) is 0 Å². The maximum Gasteiger partial charge on any atom is 0.252 e. The van der Waals surface area contributed by atoms with Gasteiger partial charge < -0.3 is 10.4 Å². The maximum atomic E-state index is 11.5. The molecular formula is C11H19NO2. The fourth-order valence-electron chi connectivity index (χ4n) is 2.23. The molecule has 2 N–H and O–H groups in total. The van der Waals surface area contributed by atoms with Crippen LogP contribution in [-0.4, -0.2) is 22.7 Å². The fraction of sp³-hybridized carbons (Fsp3) is 0.909. The monoisotopic (exact) mass is 197 g/mol. The van der Waals surface area contributed by atoms with Gasteiger partial charge in [-0.2, -0.15) is 0 Å². The van der Waals surface area contributed by atoms with Crippen LogP contribution in [0.2, 0.25) is 0 Å². The van der Waals surface area contributed by atoms with Crippen LogP contribution in [0.5, 0.6) is 0 Å². The molecule has 0 aliphatic heterocycles. The predicted molar refractivity (Wildman–Crippen MR) is 53.7 cm³/mol. The summed E-state index contributed by atoms with van der Waals surface area (Å²) in [5.74, 6) is 0.569. The molecule has 80 valence electrons. The van der Waals surface area contributed by atoms with E-state index in [1.165, 1.54) is 12.8 Å². The zero-order chi connectivity index (χ0) is 10.2. The molecule has 0 spiro atoms. The van der Waals surface area contributed by atoms with Crippen molar-refractivity contribution in [3.05, 3.63) is 0 Å². The van der Waals surface area contributed by atoms with E-state index in [-0.39, 0.29) is 5.91 Å². The Balaban J connectivity index is 1.81. The highest BCUT2D eigenvalue weighted by molar-refractivity contribution is 5.87. The third kappa shape index (κ3) is 2.08. The third-order valence-electron chi connectivity index (χ3n) is 3.42. The molecule has 2 aliphatic carbocycles. The van der Waals surface area contributed by atoms with Gasteiger partial charge in [0.05, 0.1) is 0 Å². The molecule has 0 aromatic rings. The van der Waals surface area contributed by atoms with Crippen molar-refractivity contribution in [1.29, 1.82) is 0 Å². The Labute approximate surface area is 84.9 Å². The second-order valence-electron chi connectivity index (χ2n) is 4.97. The highest BCUT2D eigenvalue weighted by Crippen LogP contribution is 2.35. The topological polar surface area (TPSA) is 49.3 Å². The number of hydrogen-bond donors (Lipinski definition) is 2. The number of carbonyl (C=O) groups is 1. The average molecular weight is 197 g/mol. The minimum atomic E-state index is -0.999. The Morgan fingerprint density at radius 2 is 2.14 bits per heavy atom. The number of carbonyl (C=O) groups excluding carboxylic acids is 1. The van der Waals surface area contributed by atoms with E-state index in [2.05, 4.69) is 12.2 Å². The molecule has 0 radical (unpaired) electrons. The highest BCUT2D eigenvalue weighted by atomic mass is 16.3. The van der Waals surface area contributed by atoms with Gasteiger partial charge in [0.2, 0.25) is 0 Å². The van der Waals surface area contributed by atoms with Crippen LogP contribution in [0, 0.1) is 5.92 Å². The van der Waals surface area contributed by atoms with Crippen molar-refractivity contribution >= 4 is 5.91 Å². The van der Waals surface area contributed by atoms with Crippen molar-refractivity contribution in [3.8, 4) is 0 Å². The number of hydrogen-bond acceptors (Lipinski definition) is 2.